The number of morpholine rings is 1. The van der Waals surface area contributed by atoms with E-state index in [1.807, 2.05) is 19.1 Å². The van der Waals surface area contributed by atoms with E-state index in [-0.39, 0.29) is 17.6 Å². The topological polar surface area (TPSA) is 126 Å². The molecule has 0 bridgehead atoms. The predicted octanol–water partition coefficient (Wildman–Crippen LogP) is 2.23. The van der Waals surface area contributed by atoms with Gasteiger partial charge in [-0.1, -0.05) is 13.5 Å². The van der Waals surface area contributed by atoms with Crippen LogP contribution in [0.15, 0.2) is 30.9 Å². The molecule has 2 aromatic rings. The number of amides is 2. The van der Waals surface area contributed by atoms with Gasteiger partial charge in [0, 0.05) is 43.6 Å². The first-order chi connectivity index (χ1) is 16.9. The quantitative estimate of drug-likeness (QED) is 0.492. The molecule has 2 fully saturated rings. The van der Waals surface area contributed by atoms with Crippen LogP contribution in [0.5, 0.6) is 0 Å². The maximum Gasteiger partial charge on any atom is 0.271 e. The summed E-state index contributed by atoms with van der Waals surface area (Å²) in [6, 6.07) is 6.07. The molecule has 0 spiro atoms. The van der Waals surface area contributed by atoms with E-state index in [1.165, 1.54) is 6.08 Å². The van der Waals surface area contributed by atoms with Gasteiger partial charge in [0.1, 0.15) is 0 Å². The lowest BCUT2D eigenvalue weighted by Crippen LogP contribution is -2.36. The molecule has 10 nitrogen and oxygen atoms in total. The molecule has 1 aromatic carbocycles. The Kier molecular flexibility index (Phi) is 7.50. The van der Waals surface area contributed by atoms with E-state index in [2.05, 4.69) is 40.1 Å². The van der Waals surface area contributed by atoms with Crippen molar-refractivity contribution in [3.05, 3.63) is 47.8 Å². The fourth-order valence-corrected chi connectivity index (χ4v) is 4.52. The number of anilines is 4. The van der Waals surface area contributed by atoms with Gasteiger partial charge in [0.15, 0.2) is 17.3 Å². The van der Waals surface area contributed by atoms with Crippen LogP contribution in [0, 0.1) is 6.92 Å². The van der Waals surface area contributed by atoms with Crippen molar-refractivity contribution in [3.8, 4) is 0 Å². The van der Waals surface area contributed by atoms with Gasteiger partial charge in [-0.3, -0.25) is 9.59 Å². The van der Waals surface area contributed by atoms with Crippen LogP contribution >= 0.6 is 0 Å². The molecule has 0 unspecified atom stereocenters. The van der Waals surface area contributed by atoms with Crippen LogP contribution in [0.1, 0.15) is 35.1 Å². The van der Waals surface area contributed by atoms with Crippen LogP contribution in [-0.2, 0) is 16.0 Å². The van der Waals surface area contributed by atoms with Crippen molar-refractivity contribution >= 4 is 34.8 Å². The molecule has 0 aliphatic carbocycles. The molecule has 4 N–H and O–H groups in total. The highest BCUT2D eigenvalue weighted by Crippen LogP contribution is 2.28. The monoisotopic (exact) mass is 479 g/mol. The number of nitrogens with zero attached hydrogens (tertiary/aromatic N) is 4. The Labute approximate surface area is 205 Å². The Bertz CT molecular complexity index is 1110. The second kappa shape index (κ2) is 10.7. The number of aromatic nitrogens is 2. The lowest BCUT2D eigenvalue weighted by Gasteiger charge is -2.30. The molecule has 10 heteroatoms. The lowest BCUT2D eigenvalue weighted by atomic mass is 10.1. The average molecular weight is 480 g/mol. The van der Waals surface area contributed by atoms with Crippen LogP contribution in [0.25, 0.3) is 0 Å². The first-order valence-electron chi connectivity index (χ1n) is 12.0. The molecule has 186 valence electrons. The minimum absolute atomic E-state index is 0.0285. The van der Waals surface area contributed by atoms with E-state index in [4.69, 9.17) is 15.5 Å². The Morgan fingerprint density at radius 2 is 2.00 bits per heavy atom. The van der Waals surface area contributed by atoms with Gasteiger partial charge in [-0.2, -0.15) is 0 Å². The van der Waals surface area contributed by atoms with Gasteiger partial charge in [-0.05, 0) is 49.6 Å². The highest BCUT2D eigenvalue weighted by Gasteiger charge is 2.27. The summed E-state index contributed by atoms with van der Waals surface area (Å²) >= 11 is 0. The highest BCUT2D eigenvalue weighted by molar-refractivity contribution is 5.96. The molecule has 3 heterocycles. The van der Waals surface area contributed by atoms with Gasteiger partial charge >= 0.3 is 0 Å². The largest absolute Gasteiger partial charge is 0.378 e. The van der Waals surface area contributed by atoms with Gasteiger partial charge in [-0.15, -0.1) is 0 Å². The van der Waals surface area contributed by atoms with Gasteiger partial charge in [0.2, 0.25) is 5.91 Å². The summed E-state index contributed by atoms with van der Waals surface area (Å²) in [7, 11) is 0. The van der Waals surface area contributed by atoms with Gasteiger partial charge < -0.3 is 30.9 Å². The molecule has 4 rings (SSSR count). The molecule has 35 heavy (non-hydrogen) atoms. The summed E-state index contributed by atoms with van der Waals surface area (Å²) in [5.74, 6) is 0.150. The number of benzene rings is 1. The number of carbonyl (C=O) groups excluding carboxylic acids is 2. The third-order valence-corrected chi connectivity index (χ3v) is 6.36. The molecule has 0 saturated carbocycles. The van der Waals surface area contributed by atoms with Crippen LogP contribution in [0.3, 0.4) is 0 Å². The van der Waals surface area contributed by atoms with Crippen molar-refractivity contribution in [2.45, 2.75) is 32.7 Å². The van der Waals surface area contributed by atoms with E-state index in [0.717, 1.165) is 49.7 Å². The highest BCUT2D eigenvalue weighted by atomic mass is 16.5. The number of carbonyl (C=O) groups is 2. The van der Waals surface area contributed by atoms with Gasteiger partial charge in [0.05, 0.1) is 18.9 Å². The summed E-state index contributed by atoms with van der Waals surface area (Å²) in [6.45, 7) is 11.9. The third kappa shape index (κ3) is 5.54. The minimum Gasteiger partial charge on any atom is -0.378 e. The van der Waals surface area contributed by atoms with Crippen LogP contribution in [0.4, 0.5) is 23.0 Å². The standard InChI is InChI=1S/C25H33N7O3/c1-4-19-24(28-18-8-9-32(15-18)21(33)5-2)30-25(22(29-19)23(26)34)27-17-6-7-20(16(3)14-17)31-10-12-35-13-11-31/h5-7,14,18H,2,4,8-13,15H2,1,3H3,(H2,26,34)(H2,27,28,30)/t18-/m1/s1. The number of primary amides is 1. The Hall–Kier alpha value is -3.66. The summed E-state index contributed by atoms with van der Waals surface area (Å²) in [6.07, 6.45) is 2.69. The molecular formula is C25H33N7O3. The molecular weight excluding hydrogens is 446 g/mol. The van der Waals surface area contributed by atoms with Crippen molar-refractivity contribution < 1.29 is 14.3 Å². The number of hydrogen-bond donors (Lipinski definition) is 3. The summed E-state index contributed by atoms with van der Waals surface area (Å²) in [4.78, 5) is 37.5. The molecule has 2 aliphatic rings. The average Bonchev–Trinajstić information content (AvgIpc) is 3.32. The van der Waals surface area contributed by atoms with Crippen LogP contribution in [0.2, 0.25) is 0 Å². The first kappa shape index (κ1) is 24.5. The van der Waals surface area contributed by atoms with Crippen molar-refractivity contribution in [2.24, 2.45) is 5.73 Å². The van der Waals surface area contributed by atoms with Crippen LogP contribution in [-0.4, -0.2) is 72.1 Å². The third-order valence-electron chi connectivity index (χ3n) is 6.36. The Balaban J connectivity index is 1.58. The fourth-order valence-electron chi connectivity index (χ4n) is 4.52. The van der Waals surface area contributed by atoms with Crippen molar-refractivity contribution in [3.63, 3.8) is 0 Å². The van der Waals surface area contributed by atoms with Crippen molar-refractivity contribution in [1.29, 1.82) is 0 Å². The van der Waals surface area contributed by atoms with E-state index < -0.39 is 5.91 Å². The zero-order chi connectivity index (χ0) is 24.9. The smallest absolute Gasteiger partial charge is 0.271 e. The lowest BCUT2D eigenvalue weighted by molar-refractivity contribution is -0.125. The second-order valence-electron chi connectivity index (χ2n) is 8.78. The van der Waals surface area contributed by atoms with E-state index >= 15 is 0 Å². The minimum atomic E-state index is -0.647. The van der Waals surface area contributed by atoms with Gasteiger partial charge in [0.25, 0.3) is 5.91 Å². The van der Waals surface area contributed by atoms with Crippen molar-refractivity contribution in [2.75, 3.05) is 54.9 Å². The SMILES string of the molecule is C=CC(=O)N1CC[C@@H](Nc2nc(Nc3ccc(N4CCOCC4)c(C)c3)c(C(N)=O)nc2CC)C1. The molecule has 1 aromatic heterocycles. The number of hydrogen-bond acceptors (Lipinski definition) is 8. The first-order valence-corrected chi connectivity index (χ1v) is 12.0. The maximum atomic E-state index is 12.2. The number of ether oxygens (including phenoxy) is 1. The fraction of sp³-hybridized carbons (Fsp3) is 0.440. The number of nitrogens with two attached hydrogens (primary N) is 1. The molecule has 0 radical (unpaired) electrons. The summed E-state index contributed by atoms with van der Waals surface area (Å²) < 4.78 is 5.46. The maximum absolute atomic E-state index is 12.2. The Morgan fingerprint density at radius 1 is 1.23 bits per heavy atom. The zero-order valence-corrected chi connectivity index (χ0v) is 20.3. The summed E-state index contributed by atoms with van der Waals surface area (Å²) in [5, 5.41) is 6.65. The second-order valence-corrected chi connectivity index (χ2v) is 8.78. The van der Waals surface area contributed by atoms with Crippen molar-refractivity contribution in [1.82, 2.24) is 14.9 Å². The number of aryl methyl sites for hydroxylation is 2. The number of nitrogens with one attached hydrogen (secondary N) is 2. The zero-order valence-electron chi connectivity index (χ0n) is 20.3. The Morgan fingerprint density at radius 3 is 2.66 bits per heavy atom. The number of likely N-dealkylation sites (tertiary alicyclic amines) is 1. The van der Waals surface area contributed by atoms with E-state index in [9.17, 15) is 9.59 Å². The molecule has 1 atom stereocenters. The van der Waals surface area contributed by atoms with E-state index in [0.29, 0.717) is 36.8 Å². The number of rotatable bonds is 8. The van der Waals surface area contributed by atoms with Gasteiger partial charge in [-0.25, -0.2) is 9.97 Å². The predicted molar refractivity (Wildman–Crippen MR) is 136 cm³/mol. The molecule has 2 aliphatic heterocycles. The normalized spacial score (nSPS) is 17.8. The summed E-state index contributed by atoms with van der Waals surface area (Å²) in [5.41, 5.74) is 9.44. The van der Waals surface area contributed by atoms with Crippen LogP contribution < -0.4 is 21.3 Å². The molecule has 2 saturated heterocycles. The van der Waals surface area contributed by atoms with E-state index in [1.54, 1.807) is 4.90 Å². The molecule has 2 amide bonds.